The molecule has 5 heteroatoms. The van der Waals surface area contributed by atoms with Crippen molar-refractivity contribution in [1.29, 1.82) is 0 Å². The van der Waals surface area contributed by atoms with E-state index in [0.29, 0.717) is 5.41 Å². The van der Waals surface area contributed by atoms with E-state index in [1.54, 1.807) is 0 Å². The molecule has 0 bridgehead atoms. The lowest BCUT2D eigenvalue weighted by Crippen LogP contribution is -2.38. The molecule has 0 unspecified atom stereocenters. The first-order valence-corrected chi connectivity index (χ1v) is 8.22. The number of ether oxygens (including phenoxy) is 1. The molecule has 0 saturated heterocycles. The molecule has 0 atom stereocenters. The van der Waals surface area contributed by atoms with Crippen LogP contribution >= 0.6 is 24.0 Å². The van der Waals surface area contributed by atoms with Crippen molar-refractivity contribution in [3.05, 3.63) is 0 Å². The zero-order valence-electron chi connectivity index (χ0n) is 14.2. The summed E-state index contributed by atoms with van der Waals surface area (Å²) in [7, 11) is 0. The van der Waals surface area contributed by atoms with Crippen molar-refractivity contribution in [1.82, 2.24) is 10.6 Å². The molecule has 1 aliphatic rings. The van der Waals surface area contributed by atoms with Gasteiger partial charge < -0.3 is 15.4 Å². The van der Waals surface area contributed by atoms with Crippen molar-refractivity contribution in [3.63, 3.8) is 0 Å². The first-order valence-electron chi connectivity index (χ1n) is 8.22. The summed E-state index contributed by atoms with van der Waals surface area (Å²) in [5, 5.41) is 6.76. The third-order valence-electron chi connectivity index (χ3n) is 3.87. The minimum absolute atomic E-state index is 0. The summed E-state index contributed by atoms with van der Waals surface area (Å²) in [6.45, 7) is 13.2. The molecule has 1 saturated carbocycles. The Kier molecular flexibility index (Phi) is 11.5. The number of guanidine groups is 1. The number of nitrogens with zero attached hydrogens (tertiary/aromatic N) is 1. The molecule has 126 valence electrons. The summed E-state index contributed by atoms with van der Waals surface area (Å²) in [5.41, 5.74) is 0.426. The van der Waals surface area contributed by atoms with E-state index in [1.165, 1.54) is 19.3 Å². The lowest BCUT2D eigenvalue weighted by Gasteiger charge is -2.16. The maximum atomic E-state index is 5.48. The Morgan fingerprint density at radius 2 is 1.95 bits per heavy atom. The van der Waals surface area contributed by atoms with Gasteiger partial charge in [-0.3, -0.25) is 4.99 Å². The second-order valence-electron chi connectivity index (χ2n) is 6.25. The summed E-state index contributed by atoms with van der Waals surface area (Å²) in [6.07, 6.45) is 4.93. The minimum atomic E-state index is 0. The number of halogens is 1. The van der Waals surface area contributed by atoms with Gasteiger partial charge in [0.15, 0.2) is 5.96 Å². The minimum Gasteiger partial charge on any atom is -0.382 e. The van der Waals surface area contributed by atoms with Gasteiger partial charge in [0.05, 0.1) is 0 Å². The highest BCUT2D eigenvalue weighted by Gasteiger charge is 2.41. The Hall–Kier alpha value is -0.0400. The third kappa shape index (κ3) is 9.55. The predicted octanol–water partition coefficient (Wildman–Crippen LogP) is 3.41. The van der Waals surface area contributed by atoms with Crippen LogP contribution in [0.4, 0.5) is 0 Å². The molecule has 1 aliphatic carbocycles. The predicted molar refractivity (Wildman–Crippen MR) is 102 cm³/mol. The van der Waals surface area contributed by atoms with Crippen LogP contribution in [0, 0.1) is 11.3 Å². The van der Waals surface area contributed by atoms with E-state index >= 15 is 0 Å². The molecule has 0 heterocycles. The van der Waals surface area contributed by atoms with Gasteiger partial charge in [-0.05, 0) is 50.9 Å². The molecule has 0 aromatic heterocycles. The summed E-state index contributed by atoms with van der Waals surface area (Å²) in [6, 6.07) is 0. The van der Waals surface area contributed by atoms with Crippen molar-refractivity contribution in [3.8, 4) is 0 Å². The summed E-state index contributed by atoms with van der Waals surface area (Å²) in [4.78, 5) is 4.76. The quantitative estimate of drug-likeness (QED) is 0.251. The molecule has 4 nitrogen and oxygen atoms in total. The Morgan fingerprint density at radius 3 is 2.48 bits per heavy atom. The van der Waals surface area contributed by atoms with Gasteiger partial charge in [-0.25, -0.2) is 0 Å². The average Bonchev–Trinajstić information content (AvgIpc) is 3.16. The molecule has 0 spiro atoms. The summed E-state index contributed by atoms with van der Waals surface area (Å²) >= 11 is 0. The number of rotatable bonds is 10. The van der Waals surface area contributed by atoms with Crippen LogP contribution < -0.4 is 10.6 Å². The maximum absolute atomic E-state index is 5.48. The number of hydrogen-bond acceptors (Lipinski definition) is 2. The van der Waals surface area contributed by atoms with Gasteiger partial charge >= 0.3 is 0 Å². The zero-order chi connectivity index (χ0) is 14.8. The average molecular weight is 411 g/mol. The van der Waals surface area contributed by atoms with E-state index in [9.17, 15) is 0 Å². The van der Waals surface area contributed by atoms with Gasteiger partial charge in [-0.2, -0.15) is 0 Å². The first kappa shape index (κ1) is 21.0. The van der Waals surface area contributed by atoms with Gasteiger partial charge in [0.2, 0.25) is 0 Å². The third-order valence-corrected chi connectivity index (χ3v) is 3.87. The van der Waals surface area contributed by atoms with Crippen molar-refractivity contribution in [2.45, 2.75) is 53.4 Å². The number of nitrogens with one attached hydrogen (secondary N) is 2. The van der Waals surface area contributed by atoms with Crippen LogP contribution in [-0.2, 0) is 4.74 Å². The van der Waals surface area contributed by atoms with Crippen LogP contribution in [0.5, 0.6) is 0 Å². The van der Waals surface area contributed by atoms with Crippen molar-refractivity contribution in [2.75, 3.05) is 32.8 Å². The molecule has 2 N–H and O–H groups in total. The number of aliphatic imine (C=N–C) groups is 1. The lowest BCUT2D eigenvalue weighted by molar-refractivity contribution is 0.129. The van der Waals surface area contributed by atoms with Gasteiger partial charge in [0.25, 0.3) is 0 Å². The Labute approximate surface area is 147 Å². The van der Waals surface area contributed by atoms with Crippen LogP contribution in [0.3, 0.4) is 0 Å². The zero-order valence-corrected chi connectivity index (χ0v) is 16.5. The van der Waals surface area contributed by atoms with E-state index in [4.69, 9.17) is 9.73 Å². The van der Waals surface area contributed by atoms with E-state index in [-0.39, 0.29) is 24.0 Å². The van der Waals surface area contributed by atoms with Crippen molar-refractivity contribution >= 4 is 29.9 Å². The molecule has 21 heavy (non-hydrogen) atoms. The topological polar surface area (TPSA) is 45.7 Å². The first-order chi connectivity index (χ1) is 9.62. The Balaban J connectivity index is 0.00000400. The largest absolute Gasteiger partial charge is 0.382 e. The monoisotopic (exact) mass is 411 g/mol. The van der Waals surface area contributed by atoms with E-state index in [2.05, 4.69) is 38.3 Å². The van der Waals surface area contributed by atoms with Crippen molar-refractivity contribution in [2.24, 2.45) is 16.3 Å². The highest BCUT2D eigenvalue weighted by atomic mass is 127. The second-order valence-corrected chi connectivity index (χ2v) is 6.25. The van der Waals surface area contributed by atoms with Crippen LogP contribution in [-0.4, -0.2) is 38.8 Å². The molecule has 0 aliphatic heterocycles. The molecule has 0 amide bonds. The fourth-order valence-corrected chi connectivity index (χ4v) is 2.16. The van der Waals surface area contributed by atoms with Crippen LogP contribution in [0.1, 0.15) is 53.4 Å². The highest BCUT2D eigenvalue weighted by molar-refractivity contribution is 14.0. The normalized spacial score (nSPS) is 16.5. The fraction of sp³-hybridized carbons (Fsp3) is 0.938. The van der Waals surface area contributed by atoms with Gasteiger partial charge in [0, 0.05) is 32.8 Å². The van der Waals surface area contributed by atoms with Crippen molar-refractivity contribution < 1.29 is 4.74 Å². The van der Waals surface area contributed by atoms with Gasteiger partial charge in [0.1, 0.15) is 0 Å². The van der Waals surface area contributed by atoms with Crippen LogP contribution in [0.2, 0.25) is 0 Å². The van der Waals surface area contributed by atoms with Gasteiger partial charge in [-0.15, -0.1) is 24.0 Å². The highest BCUT2D eigenvalue weighted by Crippen LogP contribution is 2.48. The molecule has 0 aromatic rings. The summed E-state index contributed by atoms with van der Waals surface area (Å²) < 4.78 is 5.48. The maximum Gasteiger partial charge on any atom is 0.191 e. The van der Waals surface area contributed by atoms with E-state index in [1.807, 2.05) is 0 Å². The van der Waals surface area contributed by atoms with E-state index in [0.717, 1.165) is 51.1 Å². The second kappa shape index (κ2) is 11.5. The van der Waals surface area contributed by atoms with Crippen LogP contribution in [0.25, 0.3) is 0 Å². The van der Waals surface area contributed by atoms with E-state index < -0.39 is 0 Å². The molecular weight excluding hydrogens is 377 g/mol. The molecule has 1 fully saturated rings. The SMILES string of the molecule is CCNC(=NCC1(CCOCC)CC1)NCCC(C)C.I. The fourth-order valence-electron chi connectivity index (χ4n) is 2.16. The molecule has 0 radical (unpaired) electrons. The smallest absolute Gasteiger partial charge is 0.191 e. The van der Waals surface area contributed by atoms with Crippen LogP contribution in [0.15, 0.2) is 4.99 Å². The van der Waals surface area contributed by atoms with Gasteiger partial charge in [-0.1, -0.05) is 13.8 Å². The standard InChI is InChI=1S/C16H33N3O.HI/c1-5-17-15(18-11-7-14(3)4)19-13-16(8-9-16)10-12-20-6-2;/h14H,5-13H2,1-4H3,(H2,17,18,19);1H. The Bertz CT molecular complexity index is 291. The molecule has 1 rings (SSSR count). The molecule has 0 aromatic carbocycles. The molecular formula is C16H34IN3O. The Morgan fingerprint density at radius 1 is 1.24 bits per heavy atom. The summed E-state index contributed by atoms with van der Waals surface area (Å²) in [5.74, 6) is 1.70. The lowest BCUT2D eigenvalue weighted by atomic mass is 10.0. The number of hydrogen-bond donors (Lipinski definition) is 2.